The third kappa shape index (κ3) is 1.10. The van der Waals surface area contributed by atoms with Crippen LogP contribution in [0, 0.1) is 0 Å². The second-order valence-corrected chi connectivity index (χ2v) is 4.19. The van der Waals surface area contributed by atoms with Crippen molar-refractivity contribution in [3.63, 3.8) is 0 Å². The van der Waals surface area contributed by atoms with E-state index in [-0.39, 0.29) is 0 Å². The van der Waals surface area contributed by atoms with Gasteiger partial charge in [0.1, 0.15) is 5.41 Å². The number of hydrogen-bond acceptors (Lipinski definition) is 2. The van der Waals surface area contributed by atoms with Gasteiger partial charge in [-0.15, -0.1) is 0 Å². The molecule has 1 saturated carbocycles. The Hall–Kier alpha value is -0.840. The maximum absolute atomic E-state index is 11.1. The number of carboxylic acids is 1. The van der Waals surface area contributed by atoms with Crippen LogP contribution < -0.4 is 0 Å². The molecule has 4 nitrogen and oxygen atoms in total. The first kappa shape index (κ1) is 8.74. The topological polar surface area (TPSA) is 66.0 Å². The summed E-state index contributed by atoms with van der Waals surface area (Å²) < 4.78 is 0.759. The number of halogens is 1. The number of H-pyrrole nitrogens is 1. The fourth-order valence-electron chi connectivity index (χ4n) is 1.71. The van der Waals surface area contributed by atoms with E-state index in [2.05, 4.69) is 26.1 Å². The van der Waals surface area contributed by atoms with Crippen molar-refractivity contribution in [2.45, 2.75) is 24.7 Å². The van der Waals surface area contributed by atoms with E-state index in [0.29, 0.717) is 18.5 Å². The molecule has 0 aliphatic heterocycles. The number of nitrogens with zero attached hydrogens (tertiary/aromatic N) is 1. The minimum Gasteiger partial charge on any atom is -0.481 e. The Kier molecular flexibility index (Phi) is 1.91. The molecule has 1 aliphatic carbocycles. The normalized spacial score (nSPS) is 19.5. The molecular formula is C8H9BrN2O2. The Bertz CT molecular complexity index is 344. The number of aromatic amines is 1. The van der Waals surface area contributed by atoms with E-state index in [1.54, 1.807) is 6.20 Å². The first-order valence-electron chi connectivity index (χ1n) is 4.09. The molecule has 70 valence electrons. The minimum absolute atomic E-state index is 0.698. The molecule has 1 aliphatic rings. The van der Waals surface area contributed by atoms with Crippen molar-refractivity contribution in [3.05, 3.63) is 16.4 Å². The van der Waals surface area contributed by atoms with Crippen LogP contribution in [0.2, 0.25) is 0 Å². The second-order valence-electron chi connectivity index (χ2n) is 3.33. The van der Waals surface area contributed by atoms with Crippen molar-refractivity contribution in [1.29, 1.82) is 0 Å². The van der Waals surface area contributed by atoms with Gasteiger partial charge in [0.2, 0.25) is 0 Å². The third-order valence-corrected chi connectivity index (χ3v) is 3.29. The molecule has 5 heteroatoms. The first-order valence-corrected chi connectivity index (χ1v) is 4.89. The smallest absolute Gasteiger partial charge is 0.315 e. The van der Waals surface area contributed by atoms with Crippen LogP contribution in [0.25, 0.3) is 0 Å². The summed E-state index contributed by atoms with van der Waals surface area (Å²) in [5.74, 6) is -0.760. The van der Waals surface area contributed by atoms with Crippen molar-refractivity contribution < 1.29 is 9.90 Å². The molecule has 0 saturated heterocycles. The summed E-state index contributed by atoms with van der Waals surface area (Å²) in [6.45, 7) is 0. The lowest BCUT2D eigenvalue weighted by molar-refractivity contribution is -0.147. The van der Waals surface area contributed by atoms with Crippen molar-refractivity contribution >= 4 is 21.9 Å². The van der Waals surface area contributed by atoms with Gasteiger partial charge in [0.05, 0.1) is 16.4 Å². The van der Waals surface area contributed by atoms with Crippen LogP contribution >= 0.6 is 15.9 Å². The molecule has 0 aromatic carbocycles. The quantitative estimate of drug-likeness (QED) is 0.832. The lowest BCUT2D eigenvalue weighted by atomic mass is 9.67. The molecule has 0 atom stereocenters. The standard InChI is InChI=1S/C8H9BrN2O2/c9-5-4-10-11-6(5)8(7(12)13)2-1-3-8/h4H,1-3H2,(H,10,11)(H,12,13). The van der Waals surface area contributed by atoms with Gasteiger partial charge in [-0.05, 0) is 28.8 Å². The molecule has 2 rings (SSSR count). The Morgan fingerprint density at radius 2 is 2.38 bits per heavy atom. The molecule has 1 fully saturated rings. The van der Waals surface area contributed by atoms with Crippen LogP contribution in [0.5, 0.6) is 0 Å². The van der Waals surface area contributed by atoms with E-state index in [9.17, 15) is 4.79 Å². The van der Waals surface area contributed by atoms with Gasteiger partial charge in [0.15, 0.2) is 0 Å². The summed E-state index contributed by atoms with van der Waals surface area (Å²) in [5.41, 5.74) is -0.0127. The van der Waals surface area contributed by atoms with Crippen molar-refractivity contribution in [1.82, 2.24) is 10.2 Å². The fourth-order valence-corrected chi connectivity index (χ4v) is 2.28. The van der Waals surface area contributed by atoms with Crippen LogP contribution in [-0.4, -0.2) is 21.3 Å². The molecule has 0 spiro atoms. The molecule has 1 aromatic heterocycles. The van der Waals surface area contributed by atoms with Gasteiger partial charge in [-0.1, -0.05) is 6.42 Å². The van der Waals surface area contributed by atoms with E-state index in [1.807, 2.05) is 0 Å². The number of aromatic nitrogens is 2. The van der Waals surface area contributed by atoms with Crippen molar-refractivity contribution in [2.24, 2.45) is 0 Å². The maximum Gasteiger partial charge on any atom is 0.315 e. The molecule has 2 N–H and O–H groups in total. The van der Waals surface area contributed by atoms with E-state index in [4.69, 9.17) is 5.11 Å². The molecule has 1 heterocycles. The summed E-state index contributed by atoms with van der Waals surface area (Å²) in [4.78, 5) is 11.1. The molecule has 0 radical (unpaired) electrons. The van der Waals surface area contributed by atoms with E-state index in [0.717, 1.165) is 10.9 Å². The summed E-state index contributed by atoms with van der Waals surface area (Å²) in [7, 11) is 0. The van der Waals surface area contributed by atoms with E-state index < -0.39 is 11.4 Å². The number of carbonyl (C=O) groups is 1. The minimum atomic E-state index is -0.760. The van der Waals surface area contributed by atoms with Gasteiger partial charge in [-0.3, -0.25) is 9.89 Å². The number of carboxylic acid groups (broad SMARTS) is 1. The van der Waals surface area contributed by atoms with Crippen LogP contribution in [0.4, 0.5) is 0 Å². The highest BCUT2D eigenvalue weighted by molar-refractivity contribution is 9.10. The predicted octanol–water partition coefficient (Wildman–Crippen LogP) is 1.68. The predicted molar refractivity (Wildman–Crippen MR) is 49.5 cm³/mol. The van der Waals surface area contributed by atoms with Gasteiger partial charge in [0.25, 0.3) is 0 Å². The zero-order valence-electron chi connectivity index (χ0n) is 6.88. The molecule has 0 bridgehead atoms. The van der Waals surface area contributed by atoms with Gasteiger partial charge < -0.3 is 5.11 Å². The van der Waals surface area contributed by atoms with Gasteiger partial charge in [-0.2, -0.15) is 5.10 Å². The van der Waals surface area contributed by atoms with Crippen LogP contribution in [0.1, 0.15) is 25.0 Å². The first-order chi connectivity index (χ1) is 6.17. The van der Waals surface area contributed by atoms with Gasteiger partial charge >= 0.3 is 5.97 Å². The number of hydrogen-bond donors (Lipinski definition) is 2. The number of nitrogens with one attached hydrogen (secondary N) is 1. The molecule has 0 amide bonds. The van der Waals surface area contributed by atoms with Crippen molar-refractivity contribution in [2.75, 3.05) is 0 Å². The Morgan fingerprint density at radius 3 is 2.69 bits per heavy atom. The monoisotopic (exact) mass is 244 g/mol. The highest BCUT2D eigenvalue weighted by Gasteiger charge is 2.48. The SMILES string of the molecule is O=C(O)C1(c2[nH]ncc2Br)CCC1. The molecule has 1 aromatic rings. The molecule has 0 unspecified atom stereocenters. The van der Waals surface area contributed by atoms with Crippen molar-refractivity contribution in [3.8, 4) is 0 Å². The zero-order valence-corrected chi connectivity index (χ0v) is 8.47. The second kappa shape index (κ2) is 2.83. The van der Waals surface area contributed by atoms with E-state index >= 15 is 0 Å². The lowest BCUT2D eigenvalue weighted by Gasteiger charge is -2.36. The third-order valence-electron chi connectivity index (χ3n) is 2.69. The summed E-state index contributed by atoms with van der Waals surface area (Å²) in [6.07, 6.45) is 3.96. The average Bonchev–Trinajstić information content (AvgIpc) is 2.34. The Morgan fingerprint density at radius 1 is 1.69 bits per heavy atom. The number of aliphatic carboxylic acids is 1. The van der Waals surface area contributed by atoms with Crippen LogP contribution in [0.3, 0.4) is 0 Å². The number of rotatable bonds is 2. The summed E-state index contributed by atoms with van der Waals surface area (Å²) in [6, 6.07) is 0. The van der Waals surface area contributed by atoms with Crippen LogP contribution in [-0.2, 0) is 10.2 Å². The Balaban J connectivity index is 2.43. The fraction of sp³-hybridized carbons (Fsp3) is 0.500. The highest BCUT2D eigenvalue weighted by Crippen LogP contribution is 2.45. The van der Waals surface area contributed by atoms with E-state index in [1.165, 1.54) is 0 Å². The largest absolute Gasteiger partial charge is 0.481 e. The van der Waals surface area contributed by atoms with Gasteiger partial charge in [0, 0.05) is 0 Å². The van der Waals surface area contributed by atoms with Gasteiger partial charge in [-0.25, -0.2) is 0 Å². The maximum atomic E-state index is 11.1. The summed E-state index contributed by atoms with van der Waals surface area (Å²) >= 11 is 3.29. The zero-order chi connectivity index (χ0) is 9.47. The highest BCUT2D eigenvalue weighted by atomic mass is 79.9. The lowest BCUT2D eigenvalue weighted by Crippen LogP contribution is -2.42. The summed E-state index contributed by atoms with van der Waals surface area (Å²) in [5, 5.41) is 15.7. The average molecular weight is 245 g/mol. The van der Waals surface area contributed by atoms with Crippen LogP contribution in [0.15, 0.2) is 10.7 Å². The molecule has 13 heavy (non-hydrogen) atoms. The molecular weight excluding hydrogens is 236 g/mol. The Labute approximate surface area is 83.5 Å².